The molecule has 0 spiro atoms. The molecule has 1 rings (SSSR count). The van der Waals surface area contributed by atoms with Crippen LogP contribution >= 0.6 is 0 Å². The Morgan fingerprint density at radius 3 is 2.14 bits per heavy atom. The molecule has 0 heterocycles. The highest BCUT2D eigenvalue weighted by atomic mass is 32.2. The minimum absolute atomic E-state index is 0.134. The van der Waals surface area contributed by atoms with Crippen molar-refractivity contribution in [1.29, 1.82) is 0 Å². The lowest BCUT2D eigenvalue weighted by Gasteiger charge is -2.06. The highest BCUT2D eigenvalue weighted by Crippen LogP contribution is 2.15. The van der Waals surface area contributed by atoms with Crippen molar-refractivity contribution < 1.29 is 22.7 Å². The van der Waals surface area contributed by atoms with Crippen molar-refractivity contribution in [1.82, 2.24) is 0 Å². The first kappa shape index (κ1) is 18.6. The van der Waals surface area contributed by atoms with Crippen LogP contribution in [-0.4, -0.2) is 41.0 Å². The van der Waals surface area contributed by atoms with Crippen LogP contribution in [0.2, 0.25) is 0 Å². The molecule has 1 aromatic carbocycles. The molecule has 0 aliphatic rings. The summed E-state index contributed by atoms with van der Waals surface area (Å²) in [5.74, 6) is -0.338. The van der Waals surface area contributed by atoms with Crippen LogP contribution in [0.4, 0.5) is 0 Å². The number of unbranched alkanes of at least 4 members (excludes halogenated alkanes) is 4. The highest BCUT2D eigenvalue weighted by molar-refractivity contribution is 7.91. The topological polar surface area (TPSA) is 69.7 Å². The molecule has 0 N–H and O–H groups in total. The fourth-order valence-corrected chi connectivity index (χ4v) is 3.47. The Hall–Kier alpha value is -1.40. The zero-order chi connectivity index (χ0) is 16.4. The number of methoxy groups -OCH3 is 2. The molecule has 124 valence electrons. The lowest BCUT2D eigenvalue weighted by Crippen LogP contribution is -2.08. The van der Waals surface area contributed by atoms with E-state index in [-0.39, 0.29) is 10.6 Å². The molecular weight excluding hydrogens is 304 g/mol. The van der Waals surface area contributed by atoms with Gasteiger partial charge in [0.1, 0.15) is 0 Å². The van der Waals surface area contributed by atoms with Crippen LogP contribution in [0.15, 0.2) is 29.2 Å². The Morgan fingerprint density at radius 1 is 0.955 bits per heavy atom. The van der Waals surface area contributed by atoms with Crippen molar-refractivity contribution in [2.45, 2.75) is 37.0 Å². The summed E-state index contributed by atoms with van der Waals surface area (Å²) < 4.78 is 33.9. The van der Waals surface area contributed by atoms with E-state index in [0.717, 1.165) is 32.3 Å². The molecule has 0 saturated heterocycles. The summed E-state index contributed by atoms with van der Waals surface area (Å²) in [5, 5.41) is 0. The monoisotopic (exact) mass is 328 g/mol. The normalized spacial score (nSPS) is 11.4. The van der Waals surface area contributed by atoms with Gasteiger partial charge in [-0.25, -0.2) is 13.2 Å². The van der Waals surface area contributed by atoms with E-state index >= 15 is 0 Å². The molecule has 0 aliphatic carbocycles. The number of hydrogen-bond donors (Lipinski definition) is 0. The summed E-state index contributed by atoms with van der Waals surface area (Å²) in [6.45, 7) is 0.755. The van der Waals surface area contributed by atoms with E-state index in [9.17, 15) is 13.2 Å². The Morgan fingerprint density at radius 2 is 1.55 bits per heavy atom. The molecule has 1 aromatic rings. The van der Waals surface area contributed by atoms with Gasteiger partial charge in [-0.1, -0.05) is 19.3 Å². The van der Waals surface area contributed by atoms with Crippen LogP contribution in [0.3, 0.4) is 0 Å². The second kappa shape index (κ2) is 9.58. The second-order valence-electron chi connectivity index (χ2n) is 5.10. The van der Waals surface area contributed by atoms with Crippen LogP contribution in [0, 0.1) is 0 Å². The summed E-state index contributed by atoms with van der Waals surface area (Å²) in [4.78, 5) is 11.6. The number of carbonyl (C=O) groups is 1. The third kappa shape index (κ3) is 6.15. The lowest BCUT2D eigenvalue weighted by molar-refractivity contribution is 0.0600. The van der Waals surface area contributed by atoms with Crippen LogP contribution in [0.5, 0.6) is 0 Å². The number of sulfone groups is 1. The fourth-order valence-electron chi connectivity index (χ4n) is 2.10. The largest absolute Gasteiger partial charge is 0.465 e. The van der Waals surface area contributed by atoms with Crippen molar-refractivity contribution in [2.24, 2.45) is 0 Å². The van der Waals surface area contributed by atoms with E-state index in [0.29, 0.717) is 12.0 Å². The molecule has 22 heavy (non-hydrogen) atoms. The molecule has 0 bridgehead atoms. The summed E-state index contributed by atoms with van der Waals surface area (Å²) >= 11 is 0. The average Bonchev–Trinajstić information content (AvgIpc) is 2.53. The predicted octanol–water partition coefficient (Wildman–Crippen LogP) is 2.84. The van der Waals surface area contributed by atoms with E-state index in [1.165, 1.54) is 31.4 Å². The third-order valence-electron chi connectivity index (χ3n) is 3.40. The van der Waals surface area contributed by atoms with Gasteiger partial charge in [-0.05, 0) is 37.1 Å². The number of esters is 1. The minimum atomic E-state index is -3.28. The number of benzene rings is 1. The van der Waals surface area contributed by atoms with Crippen molar-refractivity contribution in [3.8, 4) is 0 Å². The Bertz CT molecular complexity index is 548. The van der Waals surface area contributed by atoms with Gasteiger partial charge >= 0.3 is 5.97 Å². The summed E-state index contributed by atoms with van der Waals surface area (Å²) in [6.07, 6.45) is 4.62. The van der Waals surface area contributed by atoms with Gasteiger partial charge in [-0.3, -0.25) is 0 Å². The van der Waals surface area contributed by atoms with Gasteiger partial charge in [0.2, 0.25) is 0 Å². The molecule has 0 aliphatic heterocycles. The average molecular weight is 328 g/mol. The van der Waals surface area contributed by atoms with Gasteiger partial charge in [0.15, 0.2) is 9.84 Å². The van der Waals surface area contributed by atoms with Crippen molar-refractivity contribution in [2.75, 3.05) is 26.6 Å². The molecule has 0 aromatic heterocycles. The predicted molar refractivity (Wildman–Crippen MR) is 84.8 cm³/mol. The molecule has 0 amide bonds. The summed E-state index contributed by atoms with van der Waals surface area (Å²) in [5.41, 5.74) is 0.347. The quantitative estimate of drug-likeness (QED) is 0.488. The maximum Gasteiger partial charge on any atom is 0.337 e. The first-order valence-electron chi connectivity index (χ1n) is 7.41. The third-order valence-corrected chi connectivity index (χ3v) is 5.21. The van der Waals surface area contributed by atoms with Gasteiger partial charge in [0, 0.05) is 13.7 Å². The van der Waals surface area contributed by atoms with Crippen LogP contribution in [0.25, 0.3) is 0 Å². The van der Waals surface area contributed by atoms with Gasteiger partial charge in [-0.15, -0.1) is 0 Å². The van der Waals surface area contributed by atoms with E-state index in [1.54, 1.807) is 7.11 Å². The molecule has 0 unspecified atom stereocenters. The zero-order valence-corrected chi connectivity index (χ0v) is 14.0. The summed E-state index contributed by atoms with van der Waals surface area (Å²) in [6, 6.07) is 5.87. The SMILES string of the molecule is COCCCCCCCS(=O)(=O)c1ccc(C(=O)OC)cc1. The molecule has 0 atom stereocenters. The van der Waals surface area contributed by atoms with Gasteiger partial charge in [-0.2, -0.15) is 0 Å². The summed E-state index contributed by atoms with van der Waals surface area (Å²) in [7, 11) is -0.314. The first-order valence-corrected chi connectivity index (χ1v) is 9.06. The molecule has 0 fully saturated rings. The minimum Gasteiger partial charge on any atom is -0.465 e. The number of ether oxygens (including phenoxy) is 2. The Kier molecular flexibility index (Phi) is 8.12. The smallest absolute Gasteiger partial charge is 0.337 e. The maximum atomic E-state index is 12.2. The molecular formula is C16H24O5S. The number of hydrogen-bond acceptors (Lipinski definition) is 5. The van der Waals surface area contributed by atoms with Crippen molar-refractivity contribution >= 4 is 15.8 Å². The van der Waals surface area contributed by atoms with Crippen LogP contribution < -0.4 is 0 Å². The van der Waals surface area contributed by atoms with Crippen LogP contribution in [-0.2, 0) is 19.3 Å². The second-order valence-corrected chi connectivity index (χ2v) is 7.20. The van der Waals surface area contributed by atoms with Gasteiger partial charge < -0.3 is 9.47 Å². The maximum absolute atomic E-state index is 12.2. The van der Waals surface area contributed by atoms with E-state index in [1.807, 2.05) is 0 Å². The standard InChI is InChI=1S/C16H24O5S/c1-20-12-6-4-3-5-7-13-22(18,19)15-10-8-14(9-11-15)16(17)21-2/h8-11H,3-7,12-13H2,1-2H3. The van der Waals surface area contributed by atoms with E-state index in [4.69, 9.17) is 4.74 Å². The van der Waals surface area contributed by atoms with Gasteiger partial charge in [0.05, 0.1) is 23.3 Å². The number of carbonyl (C=O) groups excluding carboxylic acids is 1. The highest BCUT2D eigenvalue weighted by Gasteiger charge is 2.15. The molecule has 6 heteroatoms. The Labute approximate surface area is 132 Å². The fraction of sp³-hybridized carbons (Fsp3) is 0.562. The first-order chi connectivity index (χ1) is 10.5. The molecule has 0 saturated carbocycles. The Balaban J connectivity index is 2.44. The number of rotatable bonds is 10. The van der Waals surface area contributed by atoms with Crippen molar-refractivity contribution in [3.05, 3.63) is 29.8 Å². The molecule has 0 radical (unpaired) electrons. The van der Waals surface area contributed by atoms with Gasteiger partial charge in [0.25, 0.3) is 0 Å². The molecule has 5 nitrogen and oxygen atoms in total. The van der Waals surface area contributed by atoms with E-state index in [2.05, 4.69) is 4.74 Å². The zero-order valence-electron chi connectivity index (χ0n) is 13.2. The van der Waals surface area contributed by atoms with Crippen LogP contribution in [0.1, 0.15) is 42.5 Å². The lowest BCUT2D eigenvalue weighted by atomic mass is 10.2. The van der Waals surface area contributed by atoms with E-state index < -0.39 is 15.8 Å². The van der Waals surface area contributed by atoms with Crippen molar-refractivity contribution in [3.63, 3.8) is 0 Å².